The van der Waals surface area contributed by atoms with E-state index in [1.165, 1.54) is 6.42 Å². The Balaban J connectivity index is 2.02. The number of nitrogens with zero attached hydrogens (tertiary/aromatic N) is 2. The number of likely N-dealkylation sites (tertiary alicyclic amines) is 1. The van der Waals surface area contributed by atoms with E-state index in [4.69, 9.17) is 5.26 Å². The molecule has 1 saturated heterocycles. The van der Waals surface area contributed by atoms with Gasteiger partial charge in [0.05, 0.1) is 11.6 Å². The summed E-state index contributed by atoms with van der Waals surface area (Å²) in [5.41, 5.74) is 1.58. The molecular weight excluding hydrogens is 248 g/mol. The van der Waals surface area contributed by atoms with Crippen molar-refractivity contribution in [1.82, 2.24) is 4.90 Å². The monoisotopic (exact) mass is 268 g/mol. The summed E-state index contributed by atoms with van der Waals surface area (Å²) in [6.07, 6.45) is 7.94. The summed E-state index contributed by atoms with van der Waals surface area (Å²) in [4.78, 5) is 14.2. The maximum absolute atomic E-state index is 12.3. The van der Waals surface area contributed by atoms with E-state index >= 15 is 0 Å². The van der Waals surface area contributed by atoms with Gasteiger partial charge in [-0.05, 0) is 49.5 Å². The first-order valence-electron chi connectivity index (χ1n) is 7.23. The van der Waals surface area contributed by atoms with Gasteiger partial charge in [0.1, 0.15) is 0 Å². The molecule has 2 rings (SSSR count). The van der Waals surface area contributed by atoms with Crippen molar-refractivity contribution in [2.45, 2.75) is 38.6 Å². The van der Waals surface area contributed by atoms with E-state index in [0.29, 0.717) is 11.6 Å². The van der Waals surface area contributed by atoms with Crippen molar-refractivity contribution in [3.05, 3.63) is 41.5 Å². The third kappa shape index (κ3) is 3.48. The van der Waals surface area contributed by atoms with Crippen LogP contribution in [0.5, 0.6) is 0 Å². The number of hydrogen-bond donors (Lipinski definition) is 0. The van der Waals surface area contributed by atoms with Crippen molar-refractivity contribution in [1.29, 1.82) is 5.26 Å². The highest BCUT2D eigenvalue weighted by atomic mass is 16.2. The van der Waals surface area contributed by atoms with Gasteiger partial charge in [0.15, 0.2) is 0 Å². The van der Waals surface area contributed by atoms with Gasteiger partial charge in [-0.3, -0.25) is 4.79 Å². The smallest absolute Gasteiger partial charge is 0.246 e. The molecule has 0 bridgehead atoms. The predicted molar refractivity (Wildman–Crippen MR) is 79.8 cm³/mol. The van der Waals surface area contributed by atoms with Crippen molar-refractivity contribution in [2.75, 3.05) is 6.54 Å². The molecule has 1 atom stereocenters. The van der Waals surface area contributed by atoms with Crippen LogP contribution in [0.3, 0.4) is 0 Å². The Hall–Kier alpha value is -2.08. The number of piperidine rings is 1. The van der Waals surface area contributed by atoms with Crippen LogP contribution in [-0.2, 0) is 4.79 Å². The zero-order chi connectivity index (χ0) is 14.4. The lowest BCUT2D eigenvalue weighted by Gasteiger charge is -2.34. The number of amides is 1. The number of benzene rings is 1. The van der Waals surface area contributed by atoms with Crippen LogP contribution in [0.1, 0.15) is 43.7 Å². The lowest BCUT2D eigenvalue weighted by Crippen LogP contribution is -2.42. The zero-order valence-corrected chi connectivity index (χ0v) is 11.9. The first-order valence-corrected chi connectivity index (χ1v) is 7.23. The Morgan fingerprint density at radius 3 is 2.80 bits per heavy atom. The first-order chi connectivity index (χ1) is 9.74. The summed E-state index contributed by atoms with van der Waals surface area (Å²) in [6.45, 7) is 3.01. The number of rotatable bonds is 3. The van der Waals surface area contributed by atoms with Crippen molar-refractivity contribution < 1.29 is 4.79 Å². The topological polar surface area (TPSA) is 44.1 Å². The summed E-state index contributed by atoms with van der Waals surface area (Å²) >= 11 is 0. The van der Waals surface area contributed by atoms with Gasteiger partial charge in [-0.1, -0.05) is 19.1 Å². The molecule has 1 fully saturated rings. The molecule has 0 radical (unpaired) electrons. The van der Waals surface area contributed by atoms with Crippen LogP contribution in [0.25, 0.3) is 6.08 Å². The van der Waals surface area contributed by atoms with Crippen molar-refractivity contribution in [3.8, 4) is 6.07 Å². The fraction of sp³-hybridized carbons (Fsp3) is 0.412. The zero-order valence-electron chi connectivity index (χ0n) is 11.9. The number of nitriles is 1. The molecule has 0 aliphatic carbocycles. The fourth-order valence-corrected chi connectivity index (χ4v) is 2.65. The second-order valence-corrected chi connectivity index (χ2v) is 5.16. The van der Waals surface area contributed by atoms with E-state index in [0.717, 1.165) is 31.4 Å². The Morgan fingerprint density at radius 2 is 2.15 bits per heavy atom. The third-order valence-corrected chi connectivity index (χ3v) is 3.84. The second-order valence-electron chi connectivity index (χ2n) is 5.16. The SMILES string of the molecule is CCC1CCCCN1C(=O)/C=C/c1ccc(C#N)cc1. The van der Waals surface area contributed by atoms with Crippen molar-refractivity contribution >= 4 is 12.0 Å². The van der Waals surface area contributed by atoms with Crippen LogP contribution in [0.2, 0.25) is 0 Å². The van der Waals surface area contributed by atoms with E-state index in [2.05, 4.69) is 13.0 Å². The lowest BCUT2D eigenvalue weighted by atomic mass is 10.00. The van der Waals surface area contributed by atoms with E-state index < -0.39 is 0 Å². The van der Waals surface area contributed by atoms with E-state index in [1.807, 2.05) is 23.1 Å². The Labute approximate surface area is 120 Å². The molecule has 1 amide bonds. The average molecular weight is 268 g/mol. The highest BCUT2D eigenvalue weighted by Gasteiger charge is 2.23. The van der Waals surface area contributed by atoms with E-state index in [9.17, 15) is 4.79 Å². The molecular formula is C17H20N2O. The summed E-state index contributed by atoms with van der Waals surface area (Å²) < 4.78 is 0. The van der Waals surface area contributed by atoms with Crippen molar-refractivity contribution in [2.24, 2.45) is 0 Å². The molecule has 3 nitrogen and oxygen atoms in total. The van der Waals surface area contributed by atoms with Gasteiger partial charge in [0, 0.05) is 18.7 Å². The molecule has 0 N–H and O–H groups in total. The molecule has 104 valence electrons. The molecule has 0 spiro atoms. The normalized spacial score (nSPS) is 19.0. The molecule has 20 heavy (non-hydrogen) atoms. The highest BCUT2D eigenvalue weighted by Crippen LogP contribution is 2.20. The molecule has 1 heterocycles. The Bertz CT molecular complexity index is 525. The van der Waals surface area contributed by atoms with Crippen LogP contribution in [0.15, 0.2) is 30.3 Å². The van der Waals surface area contributed by atoms with Gasteiger partial charge >= 0.3 is 0 Å². The first kappa shape index (κ1) is 14.3. The summed E-state index contributed by atoms with van der Waals surface area (Å²) in [6, 6.07) is 9.72. The van der Waals surface area contributed by atoms with Crippen LogP contribution >= 0.6 is 0 Å². The quantitative estimate of drug-likeness (QED) is 0.789. The molecule has 3 heteroatoms. The lowest BCUT2D eigenvalue weighted by molar-refractivity contribution is -0.129. The highest BCUT2D eigenvalue weighted by molar-refractivity contribution is 5.92. The van der Waals surface area contributed by atoms with Gasteiger partial charge in [-0.2, -0.15) is 5.26 Å². The van der Waals surface area contributed by atoms with Gasteiger partial charge < -0.3 is 4.90 Å². The van der Waals surface area contributed by atoms with E-state index in [-0.39, 0.29) is 5.91 Å². The third-order valence-electron chi connectivity index (χ3n) is 3.84. The van der Waals surface area contributed by atoms with E-state index in [1.54, 1.807) is 18.2 Å². The minimum absolute atomic E-state index is 0.0981. The molecule has 1 aliphatic heterocycles. The Morgan fingerprint density at radius 1 is 1.40 bits per heavy atom. The molecule has 1 aromatic carbocycles. The van der Waals surface area contributed by atoms with Gasteiger partial charge in [-0.25, -0.2) is 0 Å². The number of carbonyl (C=O) groups excluding carboxylic acids is 1. The standard InChI is InChI=1S/C17H20N2O/c1-2-16-5-3-4-12-19(16)17(20)11-10-14-6-8-15(13-18)9-7-14/h6-11,16H,2-5,12H2,1H3/b11-10+. The van der Waals surface area contributed by atoms with Crippen molar-refractivity contribution in [3.63, 3.8) is 0 Å². The maximum atomic E-state index is 12.3. The average Bonchev–Trinajstić information content (AvgIpc) is 2.53. The molecule has 0 saturated carbocycles. The van der Waals surface area contributed by atoms with Gasteiger partial charge in [0.2, 0.25) is 5.91 Å². The van der Waals surface area contributed by atoms with Crippen LogP contribution < -0.4 is 0 Å². The second kappa shape index (κ2) is 6.91. The minimum Gasteiger partial charge on any atom is -0.336 e. The number of hydrogen-bond acceptors (Lipinski definition) is 2. The largest absolute Gasteiger partial charge is 0.336 e. The maximum Gasteiger partial charge on any atom is 0.246 e. The molecule has 1 aromatic rings. The van der Waals surface area contributed by atoms with Crippen LogP contribution in [-0.4, -0.2) is 23.4 Å². The van der Waals surface area contributed by atoms with Gasteiger partial charge in [0.25, 0.3) is 0 Å². The van der Waals surface area contributed by atoms with Gasteiger partial charge in [-0.15, -0.1) is 0 Å². The molecule has 0 aromatic heterocycles. The summed E-state index contributed by atoms with van der Waals surface area (Å²) in [5.74, 6) is 0.0981. The van der Waals surface area contributed by atoms with Crippen LogP contribution in [0.4, 0.5) is 0 Å². The summed E-state index contributed by atoms with van der Waals surface area (Å²) in [7, 11) is 0. The number of carbonyl (C=O) groups is 1. The fourth-order valence-electron chi connectivity index (χ4n) is 2.65. The Kier molecular flexibility index (Phi) is 4.95. The minimum atomic E-state index is 0.0981. The molecule has 1 unspecified atom stereocenters. The predicted octanol–water partition coefficient (Wildman–Crippen LogP) is 3.36. The van der Waals surface area contributed by atoms with Crippen LogP contribution in [0, 0.1) is 11.3 Å². The summed E-state index contributed by atoms with van der Waals surface area (Å²) in [5, 5.41) is 8.74. The molecule has 1 aliphatic rings.